The maximum atomic E-state index is 11.9. The highest BCUT2D eigenvalue weighted by Gasteiger charge is 2.10. The summed E-state index contributed by atoms with van der Waals surface area (Å²) in [5, 5.41) is 10.1. The van der Waals surface area contributed by atoms with Crippen molar-refractivity contribution in [2.45, 2.75) is 13.3 Å². The van der Waals surface area contributed by atoms with Gasteiger partial charge in [0.05, 0.1) is 6.20 Å². The molecule has 6 heteroatoms. The second-order valence-electron chi connectivity index (χ2n) is 3.60. The highest BCUT2D eigenvalue weighted by Crippen LogP contribution is 2.06. The normalized spacial score (nSPS) is 10.2. The van der Waals surface area contributed by atoms with Crippen LogP contribution in [0.2, 0.25) is 0 Å². The standard InChI is InChI=1S/C11H13N5O/c1-3-8-4-5-12-9(6-8)11(17)14-10-7-13-15-16(10)2/h4-7H,3H2,1-2H3,(H,14,17). The first kappa shape index (κ1) is 11.3. The number of aromatic nitrogens is 4. The molecular formula is C11H13N5O. The maximum Gasteiger partial charge on any atom is 0.275 e. The fourth-order valence-electron chi connectivity index (χ4n) is 1.40. The fourth-order valence-corrected chi connectivity index (χ4v) is 1.40. The molecule has 17 heavy (non-hydrogen) atoms. The summed E-state index contributed by atoms with van der Waals surface area (Å²) in [5.41, 5.74) is 1.47. The molecule has 0 saturated heterocycles. The number of aryl methyl sites for hydroxylation is 2. The van der Waals surface area contributed by atoms with Gasteiger partial charge in [-0.3, -0.25) is 9.78 Å². The highest BCUT2D eigenvalue weighted by molar-refractivity contribution is 6.02. The molecule has 6 nitrogen and oxygen atoms in total. The molecule has 0 bridgehead atoms. The second kappa shape index (κ2) is 4.73. The first-order valence-corrected chi connectivity index (χ1v) is 5.31. The summed E-state index contributed by atoms with van der Waals surface area (Å²) < 4.78 is 1.49. The largest absolute Gasteiger partial charge is 0.304 e. The van der Waals surface area contributed by atoms with E-state index >= 15 is 0 Å². The van der Waals surface area contributed by atoms with Gasteiger partial charge in [-0.25, -0.2) is 4.68 Å². The van der Waals surface area contributed by atoms with Crippen molar-refractivity contribution in [3.63, 3.8) is 0 Å². The minimum atomic E-state index is -0.259. The average Bonchev–Trinajstić information content (AvgIpc) is 2.75. The average molecular weight is 231 g/mol. The summed E-state index contributed by atoms with van der Waals surface area (Å²) in [4.78, 5) is 15.9. The number of hydrogen-bond acceptors (Lipinski definition) is 4. The van der Waals surface area contributed by atoms with Gasteiger partial charge < -0.3 is 5.32 Å². The molecule has 2 rings (SSSR count). The van der Waals surface area contributed by atoms with Crippen molar-refractivity contribution >= 4 is 11.7 Å². The Morgan fingerprint density at radius 3 is 3.00 bits per heavy atom. The predicted octanol–water partition coefficient (Wildman–Crippen LogP) is 1.02. The molecule has 0 saturated carbocycles. The summed E-state index contributed by atoms with van der Waals surface area (Å²) in [6.07, 6.45) is 3.99. The quantitative estimate of drug-likeness (QED) is 0.856. The van der Waals surface area contributed by atoms with Gasteiger partial charge >= 0.3 is 0 Å². The molecule has 2 aromatic heterocycles. The first-order valence-electron chi connectivity index (χ1n) is 5.31. The molecular weight excluding hydrogens is 218 g/mol. The summed E-state index contributed by atoms with van der Waals surface area (Å²) in [6, 6.07) is 3.67. The van der Waals surface area contributed by atoms with Gasteiger partial charge in [0.25, 0.3) is 5.91 Å². The third kappa shape index (κ3) is 2.47. The number of carbonyl (C=O) groups excluding carboxylic acids is 1. The van der Waals surface area contributed by atoms with Crippen LogP contribution in [0.1, 0.15) is 23.0 Å². The van der Waals surface area contributed by atoms with E-state index in [4.69, 9.17) is 0 Å². The van der Waals surface area contributed by atoms with E-state index in [1.807, 2.05) is 13.0 Å². The minimum absolute atomic E-state index is 0.259. The Bertz CT molecular complexity index is 534. The van der Waals surface area contributed by atoms with Crippen LogP contribution in [0.4, 0.5) is 5.82 Å². The van der Waals surface area contributed by atoms with E-state index in [1.54, 1.807) is 19.3 Å². The van der Waals surface area contributed by atoms with E-state index in [2.05, 4.69) is 20.6 Å². The van der Waals surface area contributed by atoms with Crippen molar-refractivity contribution in [2.75, 3.05) is 5.32 Å². The molecule has 2 heterocycles. The number of pyridine rings is 1. The van der Waals surface area contributed by atoms with Gasteiger partial charge in [0, 0.05) is 13.2 Å². The summed E-state index contributed by atoms with van der Waals surface area (Å²) in [7, 11) is 1.71. The van der Waals surface area contributed by atoms with Crippen molar-refractivity contribution < 1.29 is 4.79 Å². The SMILES string of the molecule is CCc1ccnc(C(=O)Nc2cnnn2C)c1. The van der Waals surface area contributed by atoms with E-state index in [-0.39, 0.29) is 5.91 Å². The second-order valence-corrected chi connectivity index (χ2v) is 3.60. The van der Waals surface area contributed by atoms with Crippen LogP contribution in [-0.4, -0.2) is 25.9 Å². The lowest BCUT2D eigenvalue weighted by atomic mass is 10.2. The van der Waals surface area contributed by atoms with Crippen LogP contribution in [0.25, 0.3) is 0 Å². The zero-order valence-corrected chi connectivity index (χ0v) is 9.71. The van der Waals surface area contributed by atoms with E-state index in [0.29, 0.717) is 11.5 Å². The zero-order valence-electron chi connectivity index (χ0n) is 9.71. The molecule has 0 aliphatic heterocycles. The van der Waals surface area contributed by atoms with Crippen molar-refractivity contribution in [2.24, 2.45) is 7.05 Å². The Labute approximate surface area is 98.7 Å². The Morgan fingerprint density at radius 1 is 1.53 bits per heavy atom. The molecule has 88 valence electrons. The molecule has 2 aromatic rings. The van der Waals surface area contributed by atoms with Gasteiger partial charge in [0.15, 0.2) is 5.82 Å². The van der Waals surface area contributed by atoms with E-state index in [9.17, 15) is 4.79 Å². The lowest BCUT2D eigenvalue weighted by molar-refractivity contribution is 0.102. The third-order valence-corrected chi connectivity index (χ3v) is 2.42. The molecule has 0 fully saturated rings. The van der Waals surface area contributed by atoms with Gasteiger partial charge in [-0.05, 0) is 24.1 Å². The number of nitrogens with one attached hydrogen (secondary N) is 1. The van der Waals surface area contributed by atoms with Crippen molar-refractivity contribution in [1.29, 1.82) is 0 Å². The van der Waals surface area contributed by atoms with Gasteiger partial charge in [-0.2, -0.15) is 0 Å². The molecule has 0 aliphatic carbocycles. The minimum Gasteiger partial charge on any atom is -0.304 e. The predicted molar refractivity (Wildman–Crippen MR) is 62.6 cm³/mol. The lowest BCUT2D eigenvalue weighted by Crippen LogP contribution is -2.16. The molecule has 0 radical (unpaired) electrons. The molecule has 0 unspecified atom stereocenters. The molecule has 0 aliphatic rings. The van der Waals surface area contributed by atoms with Crippen LogP contribution in [0.15, 0.2) is 24.5 Å². The molecule has 0 spiro atoms. The fraction of sp³-hybridized carbons (Fsp3) is 0.273. The van der Waals surface area contributed by atoms with Crippen molar-refractivity contribution in [3.8, 4) is 0 Å². The third-order valence-electron chi connectivity index (χ3n) is 2.42. The van der Waals surface area contributed by atoms with Crippen LogP contribution in [0.5, 0.6) is 0 Å². The van der Waals surface area contributed by atoms with Gasteiger partial charge in [-0.15, -0.1) is 5.10 Å². The number of hydrogen-bond donors (Lipinski definition) is 1. The van der Waals surface area contributed by atoms with Crippen molar-refractivity contribution in [3.05, 3.63) is 35.8 Å². The van der Waals surface area contributed by atoms with Gasteiger partial charge in [0.2, 0.25) is 0 Å². The summed E-state index contributed by atoms with van der Waals surface area (Å²) >= 11 is 0. The Morgan fingerprint density at radius 2 is 2.35 bits per heavy atom. The highest BCUT2D eigenvalue weighted by atomic mass is 16.2. The van der Waals surface area contributed by atoms with Crippen LogP contribution in [0, 0.1) is 0 Å². The number of anilines is 1. The summed E-state index contributed by atoms with van der Waals surface area (Å²) in [5.74, 6) is 0.282. The molecule has 1 N–H and O–H groups in total. The van der Waals surface area contributed by atoms with E-state index in [0.717, 1.165) is 12.0 Å². The van der Waals surface area contributed by atoms with Crippen LogP contribution in [-0.2, 0) is 13.5 Å². The number of rotatable bonds is 3. The zero-order chi connectivity index (χ0) is 12.3. The lowest BCUT2D eigenvalue weighted by Gasteiger charge is -2.04. The monoisotopic (exact) mass is 231 g/mol. The van der Waals surface area contributed by atoms with Crippen LogP contribution < -0.4 is 5.32 Å². The molecule has 1 amide bonds. The van der Waals surface area contributed by atoms with E-state index in [1.165, 1.54) is 10.9 Å². The molecule has 0 aromatic carbocycles. The Balaban J connectivity index is 2.17. The van der Waals surface area contributed by atoms with Crippen molar-refractivity contribution in [1.82, 2.24) is 20.0 Å². The Hall–Kier alpha value is -2.24. The molecule has 0 atom stereocenters. The van der Waals surface area contributed by atoms with Gasteiger partial charge in [0.1, 0.15) is 5.69 Å². The van der Waals surface area contributed by atoms with Crippen LogP contribution >= 0.6 is 0 Å². The number of nitrogens with zero attached hydrogens (tertiary/aromatic N) is 4. The smallest absolute Gasteiger partial charge is 0.275 e. The Kier molecular flexibility index (Phi) is 3.13. The first-order chi connectivity index (χ1) is 8.20. The number of carbonyl (C=O) groups is 1. The summed E-state index contributed by atoms with van der Waals surface area (Å²) in [6.45, 7) is 2.03. The van der Waals surface area contributed by atoms with Gasteiger partial charge in [-0.1, -0.05) is 12.1 Å². The maximum absolute atomic E-state index is 11.9. The van der Waals surface area contributed by atoms with Crippen LogP contribution in [0.3, 0.4) is 0 Å². The number of amides is 1. The topological polar surface area (TPSA) is 72.7 Å². The van der Waals surface area contributed by atoms with E-state index < -0.39 is 0 Å².